The van der Waals surface area contributed by atoms with Crippen molar-refractivity contribution in [3.05, 3.63) is 71.4 Å². The molecule has 2 N–H and O–H groups in total. The van der Waals surface area contributed by atoms with Crippen LogP contribution in [0.15, 0.2) is 54.6 Å². The van der Waals surface area contributed by atoms with Crippen LogP contribution >= 0.6 is 0 Å². The lowest BCUT2D eigenvalue weighted by molar-refractivity contribution is 0.0601. The molecule has 7 heteroatoms. The van der Waals surface area contributed by atoms with Crippen molar-refractivity contribution in [1.82, 2.24) is 9.97 Å². The van der Waals surface area contributed by atoms with Crippen molar-refractivity contribution in [3.8, 4) is 0 Å². The number of hydrogen-bond acceptors (Lipinski definition) is 7. The molecule has 0 saturated heterocycles. The highest BCUT2D eigenvalue weighted by molar-refractivity contribution is 5.96. The van der Waals surface area contributed by atoms with E-state index in [0.717, 1.165) is 11.4 Å². The van der Waals surface area contributed by atoms with Gasteiger partial charge in [-0.3, -0.25) is 4.79 Å². The summed E-state index contributed by atoms with van der Waals surface area (Å²) in [6, 6.07) is 15.9. The van der Waals surface area contributed by atoms with E-state index >= 15 is 0 Å². The summed E-state index contributed by atoms with van der Waals surface area (Å²) in [4.78, 5) is 32.2. The Hall–Kier alpha value is -3.74. The van der Waals surface area contributed by atoms with Crippen molar-refractivity contribution in [1.29, 1.82) is 0 Å². The standard InChI is InChI=1S/C21H20N4O3/c1-13-12-19(24-18-7-5-4-6-17(18)20(27)28-3)25-21(22-13)23-16-10-8-15(9-11-16)14(2)26/h4-12H,1-3H3,(H2,22,23,24,25). The normalized spacial score (nSPS) is 10.2. The third kappa shape index (κ3) is 4.50. The van der Waals surface area contributed by atoms with Crippen molar-refractivity contribution < 1.29 is 14.3 Å². The molecular weight excluding hydrogens is 356 g/mol. The Morgan fingerprint density at radius 1 is 0.964 bits per heavy atom. The van der Waals surface area contributed by atoms with Gasteiger partial charge in [-0.25, -0.2) is 9.78 Å². The Bertz CT molecular complexity index is 1020. The number of carbonyl (C=O) groups is 2. The molecule has 7 nitrogen and oxygen atoms in total. The first kappa shape index (κ1) is 19.0. The van der Waals surface area contributed by atoms with Crippen molar-refractivity contribution in [2.24, 2.45) is 0 Å². The lowest BCUT2D eigenvalue weighted by atomic mass is 10.1. The Morgan fingerprint density at radius 3 is 2.36 bits per heavy atom. The fourth-order valence-corrected chi connectivity index (χ4v) is 2.62. The summed E-state index contributed by atoms with van der Waals surface area (Å²) in [6.45, 7) is 3.37. The molecule has 0 aliphatic carbocycles. The molecule has 3 aromatic rings. The molecule has 0 amide bonds. The zero-order valence-corrected chi connectivity index (χ0v) is 15.8. The van der Waals surface area contributed by atoms with Gasteiger partial charge in [0, 0.05) is 23.0 Å². The van der Waals surface area contributed by atoms with Crippen molar-refractivity contribution in [2.45, 2.75) is 13.8 Å². The van der Waals surface area contributed by atoms with Gasteiger partial charge < -0.3 is 15.4 Å². The highest BCUT2D eigenvalue weighted by Gasteiger charge is 2.12. The van der Waals surface area contributed by atoms with Crippen LogP contribution in [0.4, 0.5) is 23.1 Å². The maximum Gasteiger partial charge on any atom is 0.339 e. The first-order valence-electron chi connectivity index (χ1n) is 8.64. The maximum atomic E-state index is 11.9. The summed E-state index contributed by atoms with van der Waals surface area (Å²) >= 11 is 0. The van der Waals surface area contributed by atoms with Gasteiger partial charge in [0.05, 0.1) is 18.4 Å². The van der Waals surface area contributed by atoms with Crippen LogP contribution in [-0.2, 0) is 4.74 Å². The predicted molar refractivity (Wildman–Crippen MR) is 108 cm³/mol. The number of esters is 1. The zero-order chi connectivity index (χ0) is 20.1. The first-order valence-corrected chi connectivity index (χ1v) is 8.64. The number of methoxy groups -OCH3 is 1. The highest BCUT2D eigenvalue weighted by atomic mass is 16.5. The number of Topliss-reactive ketones (excluding diaryl/α,β-unsaturated/α-hetero) is 1. The van der Waals surface area contributed by atoms with E-state index in [1.807, 2.05) is 13.0 Å². The van der Waals surface area contributed by atoms with Crippen LogP contribution in [-0.4, -0.2) is 28.8 Å². The molecule has 0 atom stereocenters. The lowest BCUT2D eigenvalue weighted by Crippen LogP contribution is -2.07. The Kier molecular flexibility index (Phi) is 5.64. The summed E-state index contributed by atoms with van der Waals surface area (Å²) < 4.78 is 4.82. The summed E-state index contributed by atoms with van der Waals surface area (Å²) in [7, 11) is 1.34. The minimum atomic E-state index is -0.433. The number of aryl methyl sites for hydroxylation is 1. The number of rotatable bonds is 6. The monoisotopic (exact) mass is 376 g/mol. The van der Waals surface area contributed by atoms with Crippen LogP contribution in [0.25, 0.3) is 0 Å². The number of aromatic nitrogens is 2. The summed E-state index contributed by atoms with van der Waals surface area (Å²) in [5.41, 5.74) is 3.14. The van der Waals surface area contributed by atoms with Gasteiger partial charge >= 0.3 is 5.97 Å². The smallest absolute Gasteiger partial charge is 0.339 e. The van der Waals surface area contributed by atoms with E-state index in [-0.39, 0.29) is 5.78 Å². The summed E-state index contributed by atoms with van der Waals surface area (Å²) in [5.74, 6) is 0.507. The highest BCUT2D eigenvalue weighted by Crippen LogP contribution is 2.22. The maximum absolute atomic E-state index is 11.9. The van der Waals surface area contributed by atoms with Crippen LogP contribution in [0.1, 0.15) is 33.3 Å². The topological polar surface area (TPSA) is 93.2 Å². The number of ether oxygens (including phenoxy) is 1. The van der Waals surface area contributed by atoms with Gasteiger partial charge in [-0.2, -0.15) is 4.98 Å². The fraction of sp³-hybridized carbons (Fsp3) is 0.143. The third-order valence-corrected chi connectivity index (χ3v) is 4.00. The van der Waals surface area contributed by atoms with Gasteiger partial charge in [0.2, 0.25) is 5.95 Å². The number of benzene rings is 2. The minimum Gasteiger partial charge on any atom is -0.465 e. The van der Waals surface area contributed by atoms with E-state index in [9.17, 15) is 9.59 Å². The molecule has 28 heavy (non-hydrogen) atoms. The average Bonchev–Trinajstić information content (AvgIpc) is 2.68. The molecule has 1 heterocycles. The molecule has 0 spiro atoms. The van der Waals surface area contributed by atoms with Crippen molar-refractivity contribution in [3.63, 3.8) is 0 Å². The van der Waals surface area contributed by atoms with E-state index in [1.165, 1.54) is 14.0 Å². The van der Waals surface area contributed by atoms with Gasteiger partial charge in [-0.1, -0.05) is 12.1 Å². The number of nitrogens with one attached hydrogen (secondary N) is 2. The minimum absolute atomic E-state index is 0.00844. The van der Waals surface area contributed by atoms with Crippen molar-refractivity contribution in [2.75, 3.05) is 17.7 Å². The molecule has 2 aromatic carbocycles. The number of anilines is 4. The average molecular weight is 376 g/mol. The van der Waals surface area contributed by atoms with Gasteiger partial charge in [-0.15, -0.1) is 0 Å². The van der Waals surface area contributed by atoms with Gasteiger partial charge in [0.1, 0.15) is 5.82 Å². The number of carbonyl (C=O) groups excluding carboxylic acids is 2. The van der Waals surface area contributed by atoms with E-state index in [4.69, 9.17) is 4.74 Å². The first-order chi connectivity index (χ1) is 13.5. The third-order valence-electron chi connectivity index (χ3n) is 4.00. The molecule has 0 saturated carbocycles. The molecule has 0 aliphatic heterocycles. The molecule has 0 radical (unpaired) electrons. The Labute approximate surface area is 162 Å². The van der Waals surface area contributed by atoms with Crippen LogP contribution in [0, 0.1) is 6.92 Å². The van der Waals surface area contributed by atoms with Gasteiger partial charge in [0.25, 0.3) is 0 Å². The van der Waals surface area contributed by atoms with E-state index in [0.29, 0.717) is 28.6 Å². The van der Waals surface area contributed by atoms with E-state index in [2.05, 4.69) is 20.6 Å². The van der Waals surface area contributed by atoms with Crippen LogP contribution in [0.2, 0.25) is 0 Å². The molecule has 0 bridgehead atoms. The SMILES string of the molecule is COC(=O)c1ccccc1Nc1cc(C)nc(Nc2ccc(C(C)=O)cc2)n1. The Morgan fingerprint density at radius 2 is 1.68 bits per heavy atom. The number of nitrogens with zero attached hydrogens (tertiary/aromatic N) is 2. The molecule has 0 aliphatic rings. The molecule has 1 aromatic heterocycles. The van der Waals surface area contributed by atoms with Crippen LogP contribution in [0.5, 0.6) is 0 Å². The van der Waals surface area contributed by atoms with E-state index in [1.54, 1.807) is 48.5 Å². The second-order valence-electron chi connectivity index (χ2n) is 6.14. The molecular formula is C21H20N4O3. The second kappa shape index (κ2) is 8.30. The lowest BCUT2D eigenvalue weighted by Gasteiger charge is -2.12. The summed E-state index contributed by atoms with van der Waals surface area (Å²) in [6.07, 6.45) is 0. The summed E-state index contributed by atoms with van der Waals surface area (Å²) in [5, 5.41) is 6.26. The number of hydrogen-bond donors (Lipinski definition) is 2. The molecule has 142 valence electrons. The predicted octanol–water partition coefficient (Wildman–Crippen LogP) is 4.26. The van der Waals surface area contributed by atoms with Crippen LogP contribution < -0.4 is 10.6 Å². The molecule has 3 rings (SSSR count). The fourth-order valence-electron chi connectivity index (χ4n) is 2.62. The quantitative estimate of drug-likeness (QED) is 0.490. The zero-order valence-electron chi connectivity index (χ0n) is 15.8. The largest absolute Gasteiger partial charge is 0.465 e. The second-order valence-corrected chi connectivity index (χ2v) is 6.14. The Balaban J connectivity index is 1.84. The number of ketones is 1. The van der Waals surface area contributed by atoms with Crippen molar-refractivity contribution >= 4 is 34.9 Å². The molecule has 0 fully saturated rings. The van der Waals surface area contributed by atoms with Gasteiger partial charge in [0.15, 0.2) is 5.78 Å². The van der Waals surface area contributed by atoms with Crippen LogP contribution in [0.3, 0.4) is 0 Å². The van der Waals surface area contributed by atoms with E-state index < -0.39 is 5.97 Å². The van der Waals surface area contributed by atoms with Gasteiger partial charge in [-0.05, 0) is 50.2 Å². The molecule has 0 unspecified atom stereocenters. The number of para-hydroxylation sites is 1.